The second kappa shape index (κ2) is 5.34. The van der Waals surface area contributed by atoms with E-state index >= 15 is 0 Å². The van der Waals surface area contributed by atoms with Crippen LogP contribution < -0.4 is 0 Å². The first kappa shape index (κ1) is 12.3. The zero-order valence-corrected chi connectivity index (χ0v) is 10.3. The van der Waals surface area contributed by atoms with Crippen LogP contribution in [0.25, 0.3) is 0 Å². The Kier molecular flexibility index (Phi) is 4.68. The lowest BCUT2D eigenvalue weighted by molar-refractivity contribution is -0.0172. The summed E-state index contributed by atoms with van der Waals surface area (Å²) in [5.74, 6) is 0.797. The molecule has 0 aromatic rings. The lowest BCUT2D eigenvalue weighted by atomic mass is 9.79. The van der Waals surface area contributed by atoms with Gasteiger partial charge in [-0.25, -0.2) is 0 Å². The average Bonchev–Trinajstić information content (AvgIpc) is 2.09. The van der Waals surface area contributed by atoms with Gasteiger partial charge in [-0.1, -0.05) is 6.92 Å². The summed E-state index contributed by atoms with van der Waals surface area (Å²) < 4.78 is 5.51. The van der Waals surface area contributed by atoms with Gasteiger partial charge < -0.3 is 4.74 Å². The van der Waals surface area contributed by atoms with Gasteiger partial charge in [-0.2, -0.15) is 0 Å². The molecule has 1 aliphatic rings. The summed E-state index contributed by atoms with van der Waals surface area (Å²) in [4.78, 5) is 2.42. The molecule has 84 valence electrons. The minimum Gasteiger partial charge on any atom is -0.377 e. The standard InChI is InChI=1S/C11H22ClNO/c1-4-11(7-12)8-13(9-11)5-6-14-10(2)3/h10H,4-9H2,1-3H3. The number of hydrogen-bond acceptors (Lipinski definition) is 2. The lowest BCUT2D eigenvalue weighted by Crippen LogP contribution is -2.57. The summed E-state index contributed by atoms with van der Waals surface area (Å²) in [5.41, 5.74) is 0.402. The van der Waals surface area contributed by atoms with Crippen molar-refractivity contribution >= 4 is 11.6 Å². The molecular weight excluding hydrogens is 198 g/mol. The Hall–Kier alpha value is 0.210. The Morgan fingerprint density at radius 3 is 2.50 bits per heavy atom. The maximum absolute atomic E-state index is 5.95. The van der Waals surface area contributed by atoms with E-state index < -0.39 is 0 Å². The van der Waals surface area contributed by atoms with Crippen LogP contribution in [0.3, 0.4) is 0 Å². The van der Waals surface area contributed by atoms with Crippen molar-refractivity contribution in [1.29, 1.82) is 0 Å². The Balaban J connectivity index is 2.09. The molecule has 3 heteroatoms. The number of hydrogen-bond donors (Lipinski definition) is 0. The minimum absolute atomic E-state index is 0.347. The first-order chi connectivity index (χ1) is 6.62. The largest absolute Gasteiger partial charge is 0.377 e. The van der Waals surface area contributed by atoms with Crippen LogP contribution in [-0.4, -0.2) is 43.1 Å². The fourth-order valence-corrected chi connectivity index (χ4v) is 2.24. The molecule has 0 amide bonds. The van der Waals surface area contributed by atoms with Crippen LogP contribution in [-0.2, 0) is 4.74 Å². The van der Waals surface area contributed by atoms with Crippen molar-refractivity contribution in [2.75, 3.05) is 32.1 Å². The van der Waals surface area contributed by atoms with E-state index in [0.29, 0.717) is 11.5 Å². The molecule has 2 nitrogen and oxygen atoms in total. The SMILES string of the molecule is CCC1(CCl)CN(CCOC(C)C)C1. The molecule has 1 rings (SSSR count). The quantitative estimate of drug-likeness (QED) is 0.636. The molecule has 0 radical (unpaired) electrons. The normalized spacial score (nSPS) is 21.2. The molecule has 1 saturated heterocycles. The number of rotatable bonds is 6. The van der Waals surface area contributed by atoms with Crippen molar-refractivity contribution in [3.63, 3.8) is 0 Å². The number of alkyl halides is 1. The Bertz CT molecular complexity index is 161. The third-order valence-corrected chi connectivity index (χ3v) is 3.58. The second-order valence-electron chi connectivity index (χ2n) is 4.62. The zero-order valence-electron chi connectivity index (χ0n) is 9.55. The van der Waals surface area contributed by atoms with Crippen LogP contribution in [0.5, 0.6) is 0 Å². The molecule has 0 aromatic carbocycles. The van der Waals surface area contributed by atoms with E-state index in [0.717, 1.165) is 32.1 Å². The highest BCUT2D eigenvalue weighted by Gasteiger charge is 2.40. The van der Waals surface area contributed by atoms with Crippen molar-refractivity contribution in [3.8, 4) is 0 Å². The third kappa shape index (κ3) is 3.11. The summed E-state index contributed by atoms with van der Waals surface area (Å²) in [6.07, 6.45) is 1.54. The van der Waals surface area contributed by atoms with Crippen molar-refractivity contribution in [2.45, 2.75) is 33.3 Å². The molecule has 14 heavy (non-hydrogen) atoms. The molecule has 0 atom stereocenters. The molecule has 1 fully saturated rings. The maximum Gasteiger partial charge on any atom is 0.0596 e. The van der Waals surface area contributed by atoms with E-state index in [2.05, 4.69) is 25.7 Å². The first-order valence-corrected chi connectivity index (χ1v) is 6.05. The fraction of sp³-hybridized carbons (Fsp3) is 1.00. The zero-order chi connectivity index (χ0) is 10.6. The summed E-state index contributed by atoms with van der Waals surface area (Å²) in [6.45, 7) is 10.6. The predicted molar refractivity (Wildman–Crippen MR) is 61.0 cm³/mol. The van der Waals surface area contributed by atoms with Gasteiger partial charge in [0.25, 0.3) is 0 Å². The Morgan fingerprint density at radius 1 is 1.43 bits per heavy atom. The van der Waals surface area contributed by atoms with Crippen LogP contribution in [0.2, 0.25) is 0 Å². The lowest BCUT2D eigenvalue weighted by Gasteiger charge is -2.49. The van der Waals surface area contributed by atoms with E-state index in [-0.39, 0.29) is 0 Å². The van der Waals surface area contributed by atoms with Gasteiger partial charge in [-0.15, -0.1) is 11.6 Å². The van der Waals surface area contributed by atoms with E-state index in [9.17, 15) is 0 Å². The summed E-state index contributed by atoms with van der Waals surface area (Å²) in [7, 11) is 0. The van der Waals surface area contributed by atoms with Crippen LogP contribution in [0.1, 0.15) is 27.2 Å². The molecule has 0 spiro atoms. The summed E-state index contributed by atoms with van der Waals surface area (Å²) >= 11 is 5.95. The van der Waals surface area contributed by atoms with Crippen LogP contribution in [0.15, 0.2) is 0 Å². The topological polar surface area (TPSA) is 12.5 Å². The molecule has 1 heterocycles. The fourth-order valence-electron chi connectivity index (χ4n) is 1.88. The van der Waals surface area contributed by atoms with E-state index in [4.69, 9.17) is 16.3 Å². The average molecular weight is 220 g/mol. The molecule has 0 saturated carbocycles. The highest BCUT2D eigenvalue weighted by Crippen LogP contribution is 2.34. The molecule has 0 aromatic heterocycles. The maximum atomic E-state index is 5.95. The van der Waals surface area contributed by atoms with Crippen LogP contribution >= 0.6 is 11.6 Å². The molecule has 0 bridgehead atoms. The van der Waals surface area contributed by atoms with E-state index in [1.54, 1.807) is 0 Å². The van der Waals surface area contributed by atoms with Crippen LogP contribution in [0.4, 0.5) is 0 Å². The smallest absolute Gasteiger partial charge is 0.0596 e. The van der Waals surface area contributed by atoms with Gasteiger partial charge in [-0.05, 0) is 20.3 Å². The van der Waals surface area contributed by atoms with Crippen molar-refractivity contribution in [1.82, 2.24) is 4.90 Å². The highest BCUT2D eigenvalue weighted by molar-refractivity contribution is 6.18. The van der Waals surface area contributed by atoms with Crippen LogP contribution in [0, 0.1) is 5.41 Å². The molecule has 0 unspecified atom stereocenters. The van der Waals surface area contributed by atoms with Gasteiger partial charge in [-0.3, -0.25) is 4.90 Å². The predicted octanol–water partition coefficient (Wildman–Crippen LogP) is 2.36. The highest BCUT2D eigenvalue weighted by atomic mass is 35.5. The Labute approximate surface area is 92.6 Å². The minimum atomic E-state index is 0.347. The van der Waals surface area contributed by atoms with Gasteiger partial charge in [0.15, 0.2) is 0 Å². The monoisotopic (exact) mass is 219 g/mol. The van der Waals surface area contributed by atoms with Crippen molar-refractivity contribution in [3.05, 3.63) is 0 Å². The van der Waals surface area contributed by atoms with Gasteiger partial charge in [0, 0.05) is 30.9 Å². The second-order valence-corrected chi connectivity index (χ2v) is 4.88. The van der Waals surface area contributed by atoms with E-state index in [1.807, 2.05) is 0 Å². The third-order valence-electron chi connectivity index (χ3n) is 3.01. The molecular formula is C11H22ClNO. The Morgan fingerprint density at radius 2 is 2.07 bits per heavy atom. The first-order valence-electron chi connectivity index (χ1n) is 5.52. The van der Waals surface area contributed by atoms with Gasteiger partial charge in [0.2, 0.25) is 0 Å². The van der Waals surface area contributed by atoms with Crippen molar-refractivity contribution < 1.29 is 4.74 Å². The number of halogens is 1. The van der Waals surface area contributed by atoms with E-state index in [1.165, 1.54) is 6.42 Å². The van der Waals surface area contributed by atoms with Crippen molar-refractivity contribution in [2.24, 2.45) is 5.41 Å². The number of likely N-dealkylation sites (tertiary alicyclic amines) is 1. The van der Waals surface area contributed by atoms with Gasteiger partial charge >= 0.3 is 0 Å². The molecule has 1 aliphatic heterocycles. The summed E-state index contributed by atoms with van der Waals surface area (Å²) in [5, 5.41) is 0. The summed E-state index contributed by atoms with van der Waals surface area (Å²) in [6, 6.07) is 0. The van der Waals surface area contributed by atoms with Gasteiger partial charge in [0.05, 0.1) is 12.7 Å². The molecule has 0 N–H and O–H groups in total. The molecule has 0 aliphatic carbocycles. The number of nitrogens with zero attached hydrogens (tertiary/aromatic N) is 1. The number of ether oxygens (including phenoxy) is 1. The van der Waals surface area contributed by atoms with Gasteiger partial charge in [0.1, 0.15) is 0 Å².